The molecule has 1 aromatic carbocycles. The van der Waals surface area contributed by atoms with Crippen LogP contribution in [0.1, 0.15) is 11.3 Å². The molecule has 1 heterocycles. The molecule has 2 heteroatoms. The number of aryl methyl sites for hydroxylation is 3. The second-order valence-corrected chi connectivity index (χ2v) is 3.67. The molecule has 2 nitrogen and oxygen atoms in total. The highest BCUT2D eigenvalue weighted by Crippen LogP contribution is 2.28. The summed E-state index contributed by atoms with van der Waals surface area (Å²) in [6.45, 7) is 4.21. The molecule has 2 aromatic rings. The Balaban J connectivity index is 2.83. The van der Waals surface area contributed by atoms with Crippen molar-refractivity contribution >= 4 is 10.9 Å². The van der Waals surface area contributed by atoms with Gasteiger partial charge in [0.2, 0.25) is 0 Å². The standard InChI is InChI=1S/C12H15NO/c1-8-7-10-9(2)12(14-4)6-5-11(10)13(8)3/h5-7H,1-4H3. The minimum atomic E-state index is 0.961. The summed E-state index contributed by atoms with van der Waals surface area (Å²) >= 11 is 0. The van der Waals surface area contributed by atoms with Crippen LogP contribution in [0.5, 0.6) is 5.75 Å². The number of rotatable bonds is 1. The zero-order valence-corrected chi connectivity index (χ0v) is 9.09. The van der Waals surface area contributed by atoms with Crippen LogP contribution in [-0.2, 0) is 7.05 Å². The topological polar surface area (TPSA) is 14.2 Å². The number of hydrogen-bond acceptors (Lipinski definition) is 1. The Hall–Kier alpha value is -1.44. The fraction of sp³-hybridized carbons (Fsp3) is 0.333. The third-order valence-electron chi connectivity index (χ3n) is 2.91. The maximum atomic E-state index is 5.29. The predicted molar refractivity (Wildman–Crippen MR) is 58.9 cm³/mol. The van der Waals surface area contributed by atoms with Crippen molar-refractivity contribution in [1.82, 2.24) is 4.57 Å². The number of aromatic nitrogens is 1. The molecule has 0 saturated carbocycles. The van der Waals surface area contributed by atoms with Crippen molar-refractivity contribution in [2.24, 2.45) is 7.05 Å². The van der Waals surface area contributed by atoms with Crippen molar-refractivity contribution in [3.8, 4) is 5.75 Å². The van der Waals surface area contributed by atoms with Gasteiger partial charge in [-0.15, -0.1) is 0 Å². The van der Waals surface area contributed by atoms with Gasteiger partial charge in [0.25, 0.3) is 0 Å². The van der Waals surface area contributed by atoms with Gasteiger partial charge in [-0.1, -0.05) is 0 Å². The molecular weight excluding hydrogens is 174 g/mol. The highest BCUT2D eigenvalue weighted by molar-refractivity contribution is 5.86. The molecular formula is C12H15NO. The summed E-state index contributed by atoms with van der Waals surface area (Å²) in [5, 5.41) is 1.28. The van der Waals surface area contributed by atoms with Gasteiger partial charge in [-0.2, -0.15) is 0 Å². The van der Waals surface area contributed by atoms with Gasteiger partial charge in [0, 0.05) is 29.2 Å². The lowest BCUT2D eigenvalue weighted by Crippen LogP contribution is -1.91. The first-order chi connectivity index (χ1) is 6.65. The summed E-state index contributed by atoms with van der Waals surface area (Å²) in [5.41, 5.74) is 3.76. The Bertz CT molecular complexity index is 483. The van der Waals surface area contributed by atoms with E-state index in [1.54, 1.807) is 7.11 Å². The van der Waals surface area contributed by atoms with E-state index in [-0.39, 0.29) is 0 Å². The summed E-state index contributed by atoms with van der Waals surface area (Å²) in [7, 11) is 3.80. The van der Waals surface area contributed by atoms with E-state index in [1.165, 1.54) is 22.2 Å². The monoisotopic (exact) mass is 189 g/mol. The van der Waals surface area contributed by atoms with Crippen LogP contribution in [0.15, 0.2) is 18.2 Å². The molecule has 0 fully saturated rings. The van der Waals surface area contributed by atoms with E-state index >= 15 is 0 Å². The van der Waals surface area contributed by atoms with Crippen molar-refractivity contribution in [1.29, 1.82) is 0 Å². The van der Waals surface area contributed by atoms with Gasteiger partial charge in [-0.25, -0.2) is 0 Å². The molecule has 0 atom stereocenters. The Kier molecular flexibility index (Phi) is 1.99. The maximum absolute atomic E-state index is 5.29. The lowest BCUT2D eigenvalue weighted by Gasteiger charge is -2.05. The summed E-state index contributed by atoms with van der Waals surface area (Å²) in [4.78, 5) is 0. The molecule has 0 saturated heterocycles. The number of nitrogens with zero attached hydrogens (tertiary/aromatic N) is 1. The largest absolute Gasteiger partial charge is 0.496 e. The van der Waals surface area contributed by atoms with Gasteiger partial charge in [0.1, 0.15) is 5.75 Å². The van der Waals surface area contributed by atoms with Gasteiger partial charge in [0.15, 0.2) is 0 Å². The van der Waals surface area contributed by atoms with Gasteiger partial charge in [-0.3, -0.25) is 0 Å². The van der Waals surface area contributed by atoms with Crippen molar-refractivity contribution in [2.75, 3.05) is 7.11 Å². The quantitative estimate of drug-likeness (QED) is 0.672. The molecule has 0 aliphatic rings. The first-order valence-corrected chi connectivity index (χ1v) is 4.74. The van der Waals surface area contributed by atoms with Crippen LogP contribution in [-0.4, -0.2) is 11.7 Å². The van der Waals surface area contributed by atoms with E-state index in [0.717, 1.165) is 5.75 Å². The number of ether oxygens (including phenoxy) is 1. The van der Waals surface area contributed by atoms with E-state index in [1.807, 2.05) is 6.07 Å². The Morgan fingerprint density at radius 3 is 2.57 bits per heavy atom. The van der Waals surface area contributed by atoms with Gasteiger partial charge < -0.3 is 9.30 Å². The normalized spacial score (nSPS) is 10.9. The second-order valence-electron chi connectivity index (χ2n) is 3.67. The van der Waals surface area contributed by atoms with Crippen molar-refractivity contribution < 1.29 is 4.74 Å². The summed E-state index contributed by atoms with van der Waals surface area (Å²) in [6, 6.07) is 6.33. The van der Waals surface area contributed by atoms with Crippen LogP contribution in [0.4, 0.5) is 0 Å². The molecule has 0 N–H and O–H groups in total. The Morgan fingerprint density at radius 2 is 1.93 bits per heavy atom. The fourth-order valence-electron chi connectivity index (χ4n) is 1.89. The molecule has 0 radical (unpaired) electrons. The molecule has 14 heavy (non-hydrogen) atoms. The highest BCUT2D eigenvalue weighted by Gasteiger charge is 2.07. The van der Waals surface area contributed by atoms with E-state index in [9.17, 15) is 0 Å². The Morgan fingerprint density at radius 1 is 1.21 bits per heavy atom. The highest BCUT2D eigenvalue weighted by atomic mass is 16.5. The molecule has 0 amide bonds. The lowest BCUT2D eigenvalue weighted by molar-refractivity contribution is 0.412. The van der Waals surface area contributed by atoms with Crippen LogP contribution in [0, 0.1) is 13.8 Å². The predicted octanol–water partition coefficient (Wildman–Crippen LogP) is 2.80. The van der Waals surface area contributed by atoms with Crippen LogP contribution in [0.25, 0.3) is 10.9 Å². The van der Waals surface area contributed by atoms with E-state index < -0.39 is 0 Å². The van der Waals surface area contributed by atoms with E-state index in [4.69, 9.17) is 4.74 Å². The first kappa shape index (κ1) is 9.13. The minimum Gasteiger partial charge on any atom is -0.496 e. The zero-order valence-electron chi connectivity index (χ0n) is 9.09. The molecule has 0 aliphatic carbocycles. The van der Waals surface area contributed by atoms with Crippen LogP contribution >= 0.6 is 0 Å². The Labute approximate surface area is 84.1 Å². The van der Waals surface area contributed by atoms with Gasteiger partial charge in [-0.05, 0) is 32.0 Å². The van der Waals surface area contributed by atoms with E-state index in [0.29, 0.717) is 0 Å². The molecule has 2 rings (SSSR count). The molecule has 1 aromatic heterocycles. The van der Waals surface area contributed by atoms with Crippen LogP contribution in [0.2, 0.25) is 0 Å². The molecule has 0 spiro atoms. The average Bonchev–Trinajstić information content (AvgIpc) is 2.46. The molecule has 74 valence electrons. The summed E-state index contributed by atoms with van der Waals surface area (Å²) < 4.78 is 7.49. The third-order valence-corrected chi connectivity index (χ3v) is 2.91. The van der Waals surface area contributed by atoms with Crippen LogP contribution in [0.3, 0.4) is 0 Å². The number of fused-ring (bicyclic) bond motifs is 1. The van der Waals surface area contributed by atoms with Crippen molar-refractivity contribution in [3.63, 3.8) is 0 Å². The average molecular weight is 189 g/mol. The second kappa shape index (κ2) is 3.05. The van der Waals surface area contributed by atoms with Crippen LogP contribution < -0.4 is 4.74 Å². The summed E-state index contributed by atoms with van der Waals surface area (Å²) in [6.07, 6.45) is 0. The van der Waals surface area contributed by atoms with Gasteiger partial charge in [0.05, 0.1) is 7.11 Å². The number of hydrogen-bond donors (Lipinski definition) is 0. The first-order valence-electron chi connectivity index (χ1n) is 4.74. The fourth-order valence-corrected chi connectivity index (χ4v) is 1.89. The lowest BCUT2D eigenvalue weighted by atomic mass is 10.1. The molecule has 0 bridgehead atoms. The maximum Gasteiger partial charge on any atom is 0.122 e. The van der Waals surface area contributed by atoms with Crippen molar-refractivity contribution in [2.45, 2.75) is 13.8 Å². The van der Waals surface area contributed by atoms with Gasteiger partial charge >= 0.3 is 0 Å². The zero-order chi connectivity index (χ0) is 10.3. The van der Waals surface area contributed by atoms with Crippen molar-refractivity contribution in [3.05, 3.63) is 29.5 Å². The molecule has 0 unspecified atom stereocenters. The SMILES string of the molecule is COc1ccc2c(cc(C)n2C)c1C. The number of methoxy groups -OCH3 is 1. The number of benzene rings is 1. The smallest absolute Gasteiger partial charge is 0.122 e. The van der Waals surface area contributed by atoms with E-state index in [2.05, 4.69) is 37.6 Å². The summed E-state index contributed by atoms with van der Waals surface area (Å²) in [5.74, 6) is 0.961. The third kappa shape index (κ3) is 1.10. The molecule has 0 aliphatic heterocycles. The minimum absolute atomic E-state index is 0.961.